The third kappa shape index (κ3) is 3.52. The average molecular weight is 391 g/mol. The SMILES string of the molecule is O=S1(=O)N(CC[C@H](O)CNC2CC2)c2ccccc2N1c1ccccc1F. The van der Waals surface area contributed by atoms with Crippen LogP contribution in [0.1, 0.15) is 19.3 Å². The number of para-hydroxylation sites is 3. The third-order valence-electron chi connectivity index (χ3n) is 4.83. The number of benzene rings is 2. The van der Waals surface area contributed by atoms with Crippen molar-refractivity contribution in [1.82, 2.24) is 5.32 Å². The zero-order valence-corrected chi connectivity index (χ0v) is 15.6. The molecule has 4 rings (SSSR count). The molecule has 0 saturated heterocycles. The van der Waals surface area contributed by atoms with Crippen LogP contribution in [-0.4, -0.2) is 38.8 Å². The third-order valence-corrected chi connectivity index (χ3v) is 6.63. The molecule has 144 valence electrons. The Labute approximate surface area is 158 Å². The number of anilines is 3. The van der Waals surface area contributed by atoms with E-state index in [9.17, 15) is 17.9 Å². The largest absolute Gasteiger partial charge is 0.392 e. The number of halogens is 1. The first-order chi connectivity index (χ1) is 13.0. The molecular formula is C19H22FN3O3S. The number of nitrogens with one attached hydrogen (secondary N) is 1. The quantitative estimate of drug-likeness (QED) is 0.761. The predicted octanol–water partition coefficient (Wildman–Crippen LogP) is 2.53. The van der Waals surface area contributed by atoms with Crippen molar-refractivity contribution in [3.05, 3.63) is 54.3 Å². The molecule has 1 heterocycles. The summed E-state index contributed by atoms with van der Waals surface area (Å²) in [5.41, 5.74) is 0.889. The van der Waals surface area contributed by atoms with Gasteiger partial charge in [-0.15, -0.1) is 0 Å². The molecule has 0 spiro atoms. The van der Waals surface area contributed by atoms with E-state index in [-0.39, 0.29) is 12.2 Å². The minimum absolute atomic E-state index is 0.0107. The van der Waals surface area contributed by atoms with Gasteiger partial charge in [-0.1, -0.05) is 24.3 Å². The summed E-state index contributed by atoms with van der Waals surface area (Å²) in [6.07, 6.45) is 1.89. The lowest BCUT2D eigenvalue weighted by Gasteiger charge is -2.23. The molecule has 2 N–H and O–H groups in total. The molecule has 1 saturated carbocycles. The van der Waals surface area contributed by atoms with E-state index in [1.165, 1.54) is 22.5 Å². The van der Waals surface area contributed by atoms with Crippen LogP contribution >= 0.6 is 0 Å². The minimum Gasteiger partial charge on any atom is -0.392 e. The highest BCUT2D eigenvalue weighted by molar-refractivity contribution is 7.95. The standard InChI is InChI=1S/C19H22FN3O3S/c20-16-5-1-2-6-17(16)23-19-8-4-3-7-18(19)22(27(23,25)26)12-11-15(24)13-21-14-9-10-14/h1-8,14-15,21,24H,9-13H2/t15-/m0/s1. The van der Waals surface area contributed by atoms with Gasteiger partial charge in [-0.05, 0) is 43.5 Å². The lowest BCUT2D eigenvalue weighted by Crippen LogP contribution is -2.38. The molecule has 0 unspecified atom stereocenters. The fourth-order valence-corrected chi connectivity index (χ4v) is 4.99. The van der Waals surface area contributed by atoms with Gasteiger partial charge in [0.2, 0.25) is 0 Å². The van der Waals surface area contributed by atoms with Gasteiger partial charge >= 0.3 is 10.2 Å². The number of rotatable bonds is 7. The van der Waals surface area contributed by atoms with Crippen LogP contribution in [-0.2, 0) is 10.2 Å². The van der Waals surface area contributed by atoms with Crippen molar-refractivity contribution < 1.29 is 17.9 Å². The second-order valence-electron chi connectivity index (χ2n) is 6.91. The number of hydrogen-bond acceptors (Lipinski definition) is 4. The Kier molecular flexibility index (Phi) is 4.79. The molecule has 27 heavy (non-hydrogen) atoms. The van der Waals surface area contributed by atoms with Crippen LogP contribution in [0.5, 0.6) is 0 Å². The highest BCUT2D eigenvalue weighted by Crippen LogP contribution is 2.45. The van der Waals surface area contributed by atoms with Gasteiger partial charge in [-0.2, -0.15) is 8.42 Å². The van der Waals surface area contributed by atoms with Crippen molar-refractivity contribution >= 4 is 27.3 Å². The second kappa shape index (κ2) is 7.10. The molecule has 0 amide bonds. The van der Waals surface area contributed by atoms with Crippen molar-refractivity contribution in [2.45, 2.75) is 31.4 Å². The zero-order chi connectivity index (χ0) is 19.0. The summed E-state index contributed by atoms with van der Waals surface area (Å²) in [5, 5.41) is 13.4. The molecule has 2 aliphatic rings. The van der Waals surface area contributed by atoms with Crippen LogP contribution in [0.3, 0.4) is 0 Å². The summed E-state index contributed by atoms with van der Waals surface area (Å²) < 4.78 is 43.0. The molecule has 8 heteroatoms. The molecule has 0 aromatic heterocycles. The maximum Gasteiger partial charge on any atom is 0.331 e. The van der Waals surface area contributed by atoms with Gasteiger partial charge in [-0.25, -0.2) is 8.70 Å². The van der Waals surface area contributed by atoms with E-state index in [0.29, 0.717) is 30.4 Å². The van der Waals surface area contributed by atoms with Crippen LogP contribution in [0.4, 0.5) is 21.5 Å². The van der Waals surface area contributed by atoms with E-state index in [1.54, 1.807) is 30.3 Å². The normalized spacial score (nSPS) is 19.2. The first-order valence-electron chi connectivity index (χ1n) is 9.06. The van der Waals surface area contributed by atoms with Crippen LogP contribution < -0.4 is 13.9 Å². The summed E-state index contributed by atoms with van der Waals surface area (Å²) in [4.78, 5) is 0. The average Bonchev–Trinajstić information content (AvgIpc) is 3.44. The summed E-state index contributed by atoms with van der Waals surface area (Å²) in [6, 6.07) is 13.1. The van der Waals surface area contributed by atoms with Gasteiger partial charge in [0.1, 0.15) is 5.82 Å². The summed E-state index contributed by atoms with van der Waals surface area (Å²) in [5.74, 6) is -0.605. The Morgan fingerprint density at radius 1 is 1.07 bits per heavy atom. The summed E-state index contributed by atoms with van der Waals surface area (Å²) in [7, 11) is -3.98. The Balaban J connectivity index is 1.60. The maximum atomic E-state index is 14.3. The maximum absolute atomic E-state index is 14.3. The predicted molar refractivity (Wildman–Crippen MR) is 103 cm³/mol. The zero-order valence-electron chi connectivity index (χ0n) is 14.8. The minimum atomic E-state index is -3.98. The Morgan fingerprint density at radius 2 is 1.70 bits per heavy atom. The van der Waals surface area contributed by atoms with Crippen LogP contribution in [0.15, 0.2) is 48.5 Å². The number of aliphatic hydroxyl groups is 1. The smallest absolute Gasteiger partial charge is 0.331 e. The van der Waals surface area contributed by atoms with Gasteiger partial charge in [0.25, 0.3) is 0 Å². The van der Waals surface area contributed by atoms with E-state index in [2.05, 4.69) is 5.32 Å². The molecule has 2 aromatic rings. The lowest BCUT2D eigenvalue weighted by atomic mass is 10.2. The Morgan fingerprint density at radius 3 is 2.37 bits per heavy atom. The van der Waals surface area contributed by atoms with E-state index < -0.39 is 22.1 Å². The Bertz CT molecular complexity index is 933. The molecule has 6 nitrogen and oxygen atoms in total. The number of hydrogen-bond donors (Lipinski definition) is 2. The van der Waals surface area contributed by atoms with Gasteiger partial charge in [0.05, 0.1) is 23.2 Å². The fraction of sp³-hybridized carbons (Fsp3) is 0.368. The van der Waals surface area contributed by atoms with Crippen molar-refractivity contribution in [2.75, 3.05) is 21.7 Å². The number of aliphatic hydroxyl groups excluding tert-OH is 1. The molecule has 1 fully saturated rings. The lowest BCUT2D eigenvalue weighted by molar-refractivity contribution is 0.164. The Hall–Kier alpha value is -2.16. The molecule has 1 aliphatic heterocycles. The highest BCUT2D eigenvalue weighted by Gasteiger charge is 2.42. The molecule has 0 bridgehead atoms. The summed E-state index contributed by atoms with van der Waals surface area (Å²) in [6.45, 7) is 0.565. The number of nitrogens with zero attached hydrogens (tertiary/aromatic N) is 2. The topological polar surface area (TPSA) is 72.9 Å². The molecule has 1 aliphatic carbocycles. The highest BCUT2D eigenvalue weighted by atomic mass is 32.2. The van der Waals surface area contributed by atoms with Crippen LogP contribution in [0.2, 0.25) is 0 Å². The fourth-order valence-electron chi connectivity index (χ4n) is 3.26. The van der Waals surface area contributed by atoms with E-state index >= 15 is 0 Å². The van der Waals surface area contributed by atoms with Gasteiger partial charge in [0, 0.05) is 19.1 Å². The number of fused-ring (bicyclic) bond motifs is 1. The van der Waals surface area contributed by atoms with E-state index in [0.717, 1.165) is 17.1 Å². The van der Waals surface area contributed by atoms with E-state index in [4.69, 9.17) is 0 Å². The van der Waals surface area contributed by atoms with Crippen molar-refractivity contribution in [2.24, 2.45) is 0 Å². The van der Waals surface area contributed by atoms with E-state index in [1.807, 2.05) is 0 Å². The molecular weight excluding hydrogens is 369 g/mol. The first kappa shape index (κ1) is 18.2. The molecule has 1 atom stereocenters. The van der Waals surface area contributed by atoms with Crippen molar-refractivity contribution in [3.63, 3.8) is 0 Å². The van der Waals surface area contributed by atoms with Gasteiger partial charge in [-0.3, -0.25) is 4.31 Å². The van der Waals surface area contributed by atoms with Crippen molar-refractivity contribution in [1.29, 1.82) is 0 Å². The van der Waals surface area contributed by atoms with Crippen LogP contribution in [0, 0.1) is 5.82 Å². The van der Waals surface area contributed by atoms with Gasteiger partial charge in [0.15, 0.2) is 0 Å². The molecule has 0 radical (unpaired) electrons. The monoisotopic (exact) mass is 391 g/mol. The summed E-state index contributed by atoms with van der Waals surface area (Å²) >= 11 is 0. The second-order valence-corrected chi connectivity index (χ2v) is 8.61. The van der Waals surface area contributed by atoms with Crippen molar-refractivity contribution in [3.8, 4) is 0 Å². The molecule has 2 aromatic carbocycles. The van der Waals surface area contributed by atoms with Crippen LogP contribution in [0.25, 0.3) is 0 Å². The first-order valence-corrected chi connectivity index (χ1v) is 10.5. The van der Waals surface area contributed by atoms with Gasteiger partial charge < -0.3 is 10.4 Å².